The van der Waals surface area contributed by atoms with E-state index >= 15 is 0 Å². The van der Waals surface area contributed by atoms with Gasteiger partial charge in [-0.3, -0.25) is 0 Å². The first-order valence-electron chi connectivity index (χ1n) is 5.62. The topological polar surface area (TPSA) is 55.8 Å². The van der Waals surface area contributed by atoms with Gasteiger partial charge in [0, 0.05) is 0 Å². The summed E-state index contributed by atoms with van der Waals surface area (Å²) >= 11 is 0. The zero-order valence-corrected chi connectivity index (χ0v) is 10.4. The summed E-state index contributed by atoms with van der Waals surface area (Å²) in [6.07, 6.45) is -0.857. The molecule has 0 radical (unpaired) electrons. The van der Waals surface area contributed by atoms with Gasteiger partial charge in [-0.1, -0.05) is 13.0 Å². The third-order valence-corrected chi connectivity index (χ3v) is 2.09. The van der Waals surface area contributed by atoms with Gasteiger partial charge in [-0.15, -0.1) is 0 Å². The fraction of sp³-hybridized carbons (Fsp3) is 0.462. The molecule has 1 rings (SSSR count). The average molecular weight is 238 g/mol. The monoisotopic (exact) mass is 238 g/mol. The second-order valence-electron chi connectivity index (χ2n) is 3.96. The number of benzene rings is 1. The molecule has 4 nitrogen and oxygen atoms in total. The van der Waals surface area contributed by atoms with E-state index in [1.807, 2.05) is 26.8 Å². The Morgan fingerprint density at radius 2 is 1.88 bits per heavy atom. The van der Waals surface area contributed by atoms with E-state index in [-0.39, 0.29) is 6.61 Å². The quantitative estimate of drug-likeness (QED) is 0.629. The maximum Gasteiger partial charge on any atom is 0.376 e. The molecule has 1 N–H and O–H groups in total. The lowest BCUT2D eigenvalue weighted by Gasteiger charge is -2.13. The molecule has 0 saturated carbocycles. The highest BCUT2D eigenvalue weighted by Gasteiger charge is 2.18. The molecule has 94 valence electrons. The predicted molar refractivity (Wildman–Crippen MR) is 63.8 cm³/mol. The molecule has 0 bridgehead atoms. The predicted octanol–water partition coefficient (Wildman–Crippen LogP) is 1.95. The van der Waals surface area contributed by atoms with Gasteiger partial charge in [0.1, 0.15) is 5.75 Å². The number of ether oxygens (including phenoxy) is 2. The van der Waals surface area contributed by atoms with E-state index in [4.69, 9.17) is 9.47 Å². The van der Waals surface area contributed by atoms with Crippen LogP contribution in [0, 0.1) is 13.8 Å². The van der Waals surface area contributed by atoms with Crippen LogP contribution in [-0.4, -0.2) is 24.0 Å². The van der Waals surface area contributed by atoms with E-state index in [1.54, 1.807) is 12.1 Å². The first kappa shape index (κ1) is 13.5. The second-order valence-corrected chi connectivity index (χ2v) is 3.96. The van der Waals surface area contributed by atoms with Crippen molar-refractivity contribution in [3.05, 3.63) is 29.3 Å². The molecule has 0 aliphatic heterocycles. The van der Waals surface area contributed by atoms with Gasteiger partial charge in [-0.05, 0) is 43.5 Å². The normalized spacial score (nSPS) is 12.0. The molecule has 0 spiro atoms. The summed E-state index contributed by atoms with van der Waals surface area (Å²) < 4.78 is 9.89. The number of carbonyl (C=O) groups excluding carboxylic acids is 1. The molecule has 1 unspecified atom stereocenters. The van der Waals surface area contributed by atoms with Crippen molar-refractivity contribution < 1.29 is 19.4 Å². The fourth-order valence-corrected chi connectivity index (χ4v) is 1.45. The highest BCUT2D eigenvalue weighted by atomic mass is 16.6. The van der Waals surface area contributed by atoms with Crippen LogP contribution in [0.5, 0.6) is 5.75 Å². The molecule has 1 aromatic carbocycles. The first-order valence-corrected chi connectivity index (χ1v) is 5.62. The number of aliphatic hydroxyl groups is 1. The minimum atomic E-state index is -1.57. The van der Waals surface area contributed by atoms with Crippen LogP contribution >= 0.6 is 0 Å². The maximum absolute atomic E-state index is 11.3. The molecule has 17 heavy (non-hydrogen) atoms. The van der Waals surface area contributed by atoms with Crippen LogP contribution in [-0.2, 0) is 9.53 Å². The minimum Gasteiger partial charge on any atom is -0.461 e. The zero-order chi connectivity index (χ0) is 12.8. The van der Waals surface area contributed by atoms with Crippen molar-refractivity contribution in [3.63, 3.8) is 0 Å². The summed E-state index contributed by atoms with van der Waals surface area (Å²) in [5.41, 5.74) is 2.02. The Morgan fingerprint density at radius 1 is 1.29 bits per heavy atom. The smallest absolute Gasteiger partial charge is 0.376 e. The molecular weight excluding hydrogens is 220 g/mol. The number of hydrogen-bond acceptors (Lipinski definition) is 4. The van der Waals surface area contributed by atoms with Gasteiger partial charge in [0.2, 0.25) is 0 Å². The molecule has 0 amide bonds. The van der Waals surface area contributed by atoms with Gasteiger partial charge >= 0.3 is 5.97 Å². The number of esters is 1. The maximum atomic E-state index is 11.3. The number of carbonyl (C=O) groups is 1. The minimum absolute atomic E-state index is 0.284. The van der Waals surface area contributed by atoms with E-state index in [0.717, 1.165) is 11.1 Å². The molecule has 1 atom stereocenters. The van der Waals surface area contributed by atoms with Crippen molar-refractivity contribution in [2.45, 2.75) is 33.5 Å². The van der Waals surface area contributed by atoms with E-state index in [2.05, 4.69) is 0 Å². The van der Waals surface area contributed by atoms with Gasteiger partial charge in [-0.2, -0.15) is 0 Å². The van der Waals surface area contributed by atoms with E-state index < -0.39 is 12.3 Å². The van der Waals surface area contributed by atoms with Crippen molar-refractivity contribution in [2.24, 2.45) is 0 Å². The van der Waals surface area contributed by atoms with Gasteiger partial charge in [-0.25, -0.2) is 4.79 Å². The Morgan fingerprint density at radius 3 is 2.41 bits per heavy atom. The van der Waals surface area contributed by atoms with E-state index in [0.29, 0.717) is 12.2 Å². The van der Waals surface area contributed by atoms with Crippen LogP contribution < -0.4 is 4.74 Å². The largest absolute Gasteiger partial charge is 0.461 e. The number of aryl methyl sites for hydroxylation is 2. The summed E-state index contributed by atoms with van der Waals surface area (Å²) in [5, 5.41) is 9.48. The van der Waals surface area contributed by atoms with E-state index in [9.17, 15) is 9.90 Å². The zero-order valence-electron chi connectivity index (χ0n) is 10.4. The lowest BCUT2D eigenvalue weighted by Crippen LogP contribution is -2.29. The lowest BCUT2D eigenvalue weighted by molar-refractivity contribution is -0.169. The third kappa shape index (κ3) is 4.44. The second kappa shape index (κ2) is 6.25. The summed E-state index contributed by atoms with van der Waals surface area (Å²) in [6, 6.07) is 5.49. The lowest BCUT2D eigenvalue weighted by atomic mass is 10.1. The van der Waals surface area contributed by atoms with Crippen LogP contribution in [0.1, 0.15) is 24.5 Å². The summed E-state index contributed by atoms with van der Waals surface area (Å²) in [4.78, 5) is 11.3. The molecule has 0 aliphatic rings. The molecule has 1 aromatic rings. The Labute approximate surface area is 101 Å². The van der Waals surface area contributed by atoms with Crippen LogP contribution in [0.2, 0.25) is 0 Å². The van der Waals surface area contributed by atoms with Crippen molar-refractivity contribution in [1.82, 2.24) is 0 Å². The molecule has 4 heteroatoms. The third-order valence-electron chi connectivity index (χ3n) is 2.09. The Bertz CT molecular complexity index is 367. The molecule has 0 saturated heterocycles. The van der Waals surface area contributed by atoms with Gasteiger partial charge < -0.3 is 14.6 Å². The highest BCUT2D eigenvalue weighted by Crippen LogP contribution is 2.17. The number of rotatable bonds is 5. The molecule has 0 aliphatic carbocycles. The Balaban J connectivity index is 2.60. The van der Waals surface area contributed by atoms with Gasteiger partial charge in [0.25, 0.3) is 6.29 Å². The van der Waals surface area contributed by atoms with Crippen molar-refractivity contribution in [2.75, 3.05) is 6.61 Å². The molecule has 0 heterocycles. The molecule has 0 aromatic heterocycles. The Kier molecular flexibility index (Phi) is 4.97. The number of aliphatic hydroxyl groups excluding tert-OH is 1. The summed E-state index contributed by atoms with van der Waals surface area (Å²) in [7, 11) is 0. The van der Waals surface area contributed by atoms with Gasteiger partial charge in [0.05, 0.1) is 6.61 Å². The van der Waals surface area contributed by atoms with Crippen molar-refractivity contribution in [1.29, 1.82) is 0 Å². The van der Waals surface area contributed by atoms with Gasteiger partial charge in [0.15, 0.2) is 0 Å². The molecule has 0 fully saturated rings. The fourth-order valence-electron chi connectivity index (χ4n) is 1.45. The first-order chi connectivity index (χ1) is 8.02. The number of hydrogen-bond donors (Lipinski definition) is 1. The van der Waals surface area contributed by atoms with Crippen molar-refractivity contribution >= 4 is 5.97 Å². The highest BCUT2D eigenvalue weighted by molar-refractivity contribution is 5.73. The Hall–Kier alpha value is -1.55. The van der Waals surface area contributed by atoms with Crippen molar-refractivity contribution in [3.8, 4) is 5.75 Å². The molecular formula is C13H18O4. The summed E-state index contributed by atoms with van der Waals surface area (Å²) in [6.45, 7) is 6.00. The summed E-state index contributed by atoms with van der Waals surface area (Å²) in [5.74, 6) is -0.297. The van der Waals surface area contributed by atoms with Crippen LogP contribution in [0.25, 0.3) is 0 Å². The van der Waals surface area contributed by atoms with E-state index in [1.165, 1.54) is 0 Å². The SMILES string of the molecule is CCCOC(=O)C(O)Oc1cc(C)cc(C)c1. The van der Waals surface area contributed by atoms with Crippen LogP contribution in [0.4, 0.5) is 0 Å². The van der Waals surface area contributed by atoms with Crippen LogP contribution in [0.15, 0.2) is 18.2 Å². The average Bonchev–Trinajstić information content (AvgIpc) is 2.24. The standard InChI is InChI=1S/C13H18O4/c1-4-5-16-12(14)13(15)17-11-7-9(2)6-10(3)8-11/h6-8,13,15H,4-5H2,1-3H3. The van der Waals surface area contributed by atoms with Crippen LogP contribution in [0.3, 0.4) is 0 Å².